The van der Waals surface area contributed by atoms with Crippen molar-refractivity contribution in [3.8, 4) is 11.4 Å². The van der Waals surface area contributed by atoms with Crippen LogP contribution in [0.1, 0.15) is 30.9 Å². The number of amides is 1. The van der Waals surface area contributed by atoms with Crippen molar-refractivity contribution < 1.29 is 22.7 Å². The van der Waals surface area contributed by atoms with Crippen LogP contribution in [0, 0.1) is 0 Å². The van der Waals surface area contributed by atoms with Gasteiger partial charge in [0.25, 0.3) is 5.91 Å². The maximum atomic E-state index is 12.6. The summed E-state index contributed by atoms with van der Waals surface area (Å²) >= 11 is 0. The Balaban J connectivity index is 1.68. The Bertz CT molecular complexity index is 968. The van der Waals surface area contributed by atoms with Crippen molar-refractivity contribution in [2.45, 2.75) is 25.9 Å². The molecule has 6 nitrogen and oxygen atoms in total. The zero-order chi connectivity index (χ0) is 21.0. The molecule has 1 heterocycles. The van der Waals surface area contributed by atoms with Crippen LogP contribution in [0.4, 0.5) is 18.9 Å². The van der Waals surface area contributed by atoms with E-state index in [1.54, 1.807) is 10.6 Å². The van der Waals surface area contributed by atoms with Crippen molar-refractivity contribution in [2.75, 3.05) is 11.9 Å². The van der Waals surface area contributed by atoms with Crippen LogP contribution in [0.25, 0.3) is 5.69 Å². The van der Waals surface area contributed by atoms with Crippen LogP contribution >= 0.6 is 0 Å². The van der Waals surface area contributed by atoms with E-state index in [1.165, 1.54) is 24.8 Å². The summed E-state index contributed by atoms with van der Waals surface area (Å²) in [6, 6.07) is 9.80. The van der Waals surface area contributed by atoms with Gasteiger partial charge in [0.15, 0.2) is 6.61 Å². The molecule has 1 amide bonds. The van der Waals surface area contributed by atoms with Crippen LogP contribution in [0.15, 0.2) is 55.1 Å². The molecule has 0 atom stereocenters. The molecule has 0 unspecified atom stereocenters. The Morgan fingerprint density at radius 3 is 2.34 bits per heavy atom. The van der Waals surface area contributed by atoms with Crippen molar-refractivity contribution in [3.05, 3.63) is 66.2 Å². The topological polar surface area (TPSA) is 69.0 Å². The maximum absolute atomic E-state index is 12.6. The van der Waals surface area contributed by atoms with E-state index in [0.29, 0.717) is 17.4 Å². The molecular weight excluding hydrogens is 385 g/mol. The molecule has 0 aliphatic heterocycles. The lowest BCUT2D eigenvalue weighted by atomic mass is 10.0. The number of carbonyl (C=O) groups is 1. The summed E-state index contributed by atoms with van der Waals surface area (Å²) in [5.74, 6) is 0.256. The molecule has 0 saturated heterocycles. The second-order valence-electron chi connectivity index (χ2n) is 6.66. The Labute approximate surface area is 165 Å². The van der Waals surface area contributed by atoms with E-state index >= 15 is 0 Å². The molecule has 1 aromatic heterocycles. The first-order chi connectivity index (χ1) is 13.7. The number of nitrogens with zero attached hydrogens (tertiary/aromatic N) is 3. The molecule has 0 radical (unpaired) electrons. The van der Waals surface area contributed by atoms with Gasteiger partial charge < -0.3 is 10.1 Å². The smallest absolute Gasteiger partial charge is 0.416 e. The number of halogens is 3. The standard InChI is InChI=1S/C20H19F3N4O2/c1-13(2)14-3-8-18(17(9-14)27-11-24-25-12-27)29-10-19(28)26-16-6-4-15(5-7-16)20(21,22)23/h3-9,11-13H,10H2,1-2H3,(H,26,28). The number of carbonyl (C=O) groups excluding carboxylic acids is 1. The van der Waals surface area contributed by atoms with Gasteiger partial charge in [0, 0.05) is 5.69 Å². The average molecular weight is 404 g/mol. The van der Waals surface area contributed by atoms with Gasteiger partial charge >= 0.3 is 6.18 Å². The lowest BCUT2D eigenvalue weighted by Crippen LogP contribution is -2.20. The van der Waals surface area contributed by atoms with Gasteiger partial charge in [-0.05, 0) is 47.9 Å². The fourth-order valence-corrected chi connectivity index (χ4v) is 2.63. The third-order valence-electron chi connectivity index (χ3n) is 4.20. The first-order valence-electron chi connectivity index (χ1n) is 8.83. The molecule has 0 saturated carbocycles. The van der Waals surface area contributed by atoms with Crippen LogP contribution in [-0.2, 0) is 11.0 Å². The minimum atomic E-state index is -4.42. The minimum Gasteiger partial charge on any atom is -0.482 e. The second kappa shape index (κ2) is 8.34. The van der Waals surface area contributed by atoms with E-state index in [2.05, 4.69) is 29.4 Å². The third kappa shape index (κ3) is 5.13. The SMILES string of the molecule is CC(C)c1ccc(OCC(=O)Nc2ccc(C(F)(F)F)cc2)c(-n2cnnc2)c1. The number of hydrogen-bond donors (Lipinski definition) is 1. The van der Waals surface area contributed by atoms with Crippen molar-refractivity contribution in [1.29, 1.82) is 0 Å². The molecule has 0 aliphatic rings. The highest BCUT2D eigenvalue weighted by atomic mass is 19.4. The largest absolute Gasteiger partial charge is 0.482 e. The van der Waals surface area contributed by atoms with Gasteiger partial charge in [0.1, 0.15) is 18.4 Å². The van der Waals surface area contributed by atoms with Gasteiger partial charge in [-0.2, -0.15) is 13.2 Å². The van der Waals surface area contributed by atoms with Crippen LogP contribution in [0.3, 0.4) is 0 Å². The van der Waals surface area contributed by atoms with E-state index < -0.39 is 17.6 Å². The maximum Gasteiger partial charge on any atom is 0.416 e. The van der Waals surface area contributed by atoms with E-state index in [0.717, 1.165) is 17.7 Å². The highest BCUT2D eigenvalue weighted by Gasteiger charge is 2.30. The number of benzene rings is 2. The van der Waals surface area contributed by atoms with Gasteiger partial charge in [0.05, 0.1) is 11.3 Å². The molecule has 3 aromatic rings. The quantitative estimate of drug-likeness (QED) is 0.660. The highest BCUT2D eigenvalue weighted by Crippen LogP contribution is 2.30. The summed E-state index contributed by atoms with van der Waals surface area (Å²) in [6.07, 6.45) is -1.38. The van der Waals surface area contributed by atoms with Gasteiger partial charge in [-0.15, -0.1) is 10.2 Å². The number of nitrogens with one attached hydrogen (secondary N) is 1. The van der Waals surface area contributed by atoms with Crippen molar-refractivity contribution in [2.24, 2.45) is 0 Å². The zero-order valence-electron chi connectivity index (χ0n) is 15.8. The fourth-order valence-electron chi connectivity index (χ4n) is 2.63. The molecule has 3 rings (SSSR count). The summed E-state index contributed by atoms with van der Waals surface area (Å²) < 4.78 is 45.1. The molecule has 1 N–H and O–H groups in total. The molecule has 29 heavy (non-hydrogen) atoms. The first kappa shape index (κ1) is 20.4. The Kier molecular flexibility index (Phi) is 5.86. The van der Waals surface area contributed by atoms with Crippen LogP contribution < -0.4 is 10.1 Å². The zero-order valence-corrected chi connectivity index (χ0v) is 15.8. The third-order valence-corrected chi connectivity index (χ3v) is 4.20. The molecular formula is C20H19F3N4O2. The van der Waals surface area contributed by atoms with E-state index in [-0.39, 0.29) is 12.3 Å². The fraction of sp³-hybridized carbons (Fsp3) is 0.250. The second-order valence-corrected chi connectivity index (χ2v) is 6.66. The predicted octanol–water partition coefficient (Wildman–Crippen LogP) is 4.43. The summed E-state index contributed by atoms with van der Waals surface area (Å²) in [5.41, 5.74) is 1.23. The van der Waals surface area contributed by atoms with Crippen LogP contribution in [-0.4, -0.2) is 27.3 Å². The van der Waals surface area contributed by atoms with Gasteiger partial charge in [0.2, 0.25) is 0 Å². The molecule has 0 aliphatic carbocycles. The number of rotatable bonds is 6. The highest BCUT2D eigenvalue weighted by molar-refractivity contribution is 5.91. The Hall–Kier alpha value is -3.36. The lowest BCUT2D eigenvalue weighted by molar-refractivity contribution is -0.137. The van der Waals surface area contributed by atoms with Gasteiger partial charge in [-0.1, -0.05) is 19.9 Å². The first-order valence-corrected chi connectivity index (χ1v) is 8.83. The van der Waals surface area contributed by atoms with Crippen molar-refractivity contribution in [1.82, 2.24) is 14.8 Å². The van der Waals surface area contributed by atoms with Crippen molar-refractivity contribution in [3.63, 3.8) is 0 Å². The van der Waals surface area contributed by atoms with Crippen LogP contribution in [0.5, 0.6) is 5.75 Å². The number of hydrogen-bond acceptors (Lipinski definition) is 4. The predicted molar refractivity (Wildman–Crippen MR) is 101 cm³/mol. The molecule has 0 fully saturated rings. The molecule has 0 spiro atoms. The van der Waals surface area contributed by atoms with Gasteiger partial charge in [-0.3, -0.25) is 9.36 Å². The number of aromatic nitrogens is 3. The number of alkyl halides is 3. The Morgan fingerprint density at radius 2 is 1.76 bits per heavy atom. The summed E-state index contributed by atoms with van der Waals surface area (Å²) in [4.78, 5) is 12.2. The van der Waals surface area contributed by atoms with Crippen molar-refractivity contribution >= 4 is 11.6 Å². The van der Waals surface area contributed by atoms with Crippen LogP contribution in [0.2, 0.25) is 0 Å². The van der Waals surface area contributed by atoms with Gasteiger partial charge in [-0.25, -0.2) is 0 Å². The summed E-state index contributed by atoms with van der Waals surface area (Å²) in [7, 11) is 0. The molecule has 2 aromatic carbocycles. The minimum absolute atomic E-state index is 0.251. The average Bonchev–Trinajstić information content (AvgIpc) is 3.20. The number of anilines is 1. The Morgan fingerprint density at radius 1 is 1.10 bits per heavy atom. The molecule has 0 bridgehead atoms. The van der Waals surface area contributed by atoms with E-state index in [9.17, 15) is 18.0 Å². The molecule has 152 valence electrons. The molecule has 9 heteroatoms. The van der Waals surface area contributed by atoms with E-state index in [4.69, 9.17) is 4.74 Å². The monoisotopic (exact) mass is 404 g/mol. The summed E-state index contributed by atoms with van der Waals surface area (Å²) in [6.45, 7) is 3.81. The summed E-state index contributed by atoms with van der Waals surface area (Å²) in [5, 5.41) is 10.1. The normalized spacial score (nSPS) is 11.5. The lowest BCUT2D eigenvalue weighted by Gasteiger charge is -2.15. The number of ether oxygens (including phenoxy) is 1. The van der Waals surface area contributed by atoms with E-state index in [1.807, 2.05) is 12.1 Å².